The molecule has 0 aliphatic carbocycles. The molecule has 0 aromatic heterocycles. The summed E-state index contributed by atoms with van der Waals surface area (Å²) in [6, 6.07) is -0.303. The maximum absolute atomic E-state index is 12.8. The molecule has 8 heteroatoms. The molecule has 260 valence electrons. The summed E-state index contributed by atoms with van der Waals surface area (Å²) in [6.07, 6.45) is 26.7. The Morgan fingerprint density at radius 1 is 0.614 bits per heavy atom. The first-order valence-electron chi connectivity index (χ1n) is 18.7. The largest absolute Gasteiger partial charge is 0.379 e. The van der Waals surface area contributed by atoms with Crippen LogP contribution in [0.15, 0.2) is 0 Å². The van der Waals surface area contributed by atoms with Gasteiger partial charge in [0.25, 0.3) is 0 Å². The van der Waals surface area contributed by atoms with Crippen molar-refractivity contribution in [3.8, 4) is 0 Å². The Morgan fingerprint density at radius 2 is 1.07 bits per heavy atom. The minimum absolute atomic E-state index is 0.0173. The molecule has 1 saturated heterocycles. The van der Waals surface area contributed by atoms with E-state index in [0.29, 0.717) is 52.5 Å². The highest BCUT2D eigenvalue weighted by Gasteiger charge is 2.33. The fourth-order valence-corrected chi connectivity index (χ4v) is 5.88. The first kappa shape index (κ1) is 40.8. The zero-order valence-corrected chi connectivity index (χ0v) is 29.0. The van der Waals surface area contributed by atoms with Crippen LogP contribution in [-0.4, -0.2) is 89.1 Å². The molecule has 1 unspecified atom stereocenters. The molecule has 0 bridgehead atoms. The molecule has 44 heavy (non-hydrogen) atoms. The molecule has 0 saturated carbocycles. The molecule has 1 aliphatic heterocycles. The van der Waals surface area contributed by atoms with E-state index in [1.807, 2.05) is 11.9 Å². The quantitative estimate of drug-likeness (QED) is 0.0751. The van der Waals surface area contributed by atoms with Crippen molar-refractivity contribution in [3.05, 3.63) is 0 Å². The van der Waals surface area contributed by atoms with Gasteiger partial charge in [-0.05, 0) is 45.7 Å². The van der Waals surface area contributed by atoms with Gasteiger partial charge in [0.05, 0.1) is 26.4 Å². The van der Waals surface area contributed by atoms with Crippen LogP contribution in [0.1, 0.15) is 148 Å². The predicted molar refractivity (Wildman–Crippen MR) is 182 cm³/mol. The second-order valence-electron chi connectivity index (χ2n) is 12.6. The lowest BCUT2D eigenvalue weighted by atomic mass is 10.0. The van der Waals surface area contributed by atoms with Crippen LogP contribution in [0.5, 0.6) is 0 Å². The van der Waals surface area contributed by atoms with Crippen molar-refractivity contribution in [3.63, 3.8) is 0 Å². The highest BCUT2D eigenvalue weighted by molar-refractivity contribution is 5.88. The smallest absolute Gasteiger partial charge is 0.242 e. The van der Waals surface area contributed by atoms with Gasteiger partial charge in [0.2, 0.25) is 11.8 Å². The minimum atomic E-state index is -0.303. The Morgan fingerprint density at radius 3 is 1.57 bits per heavy atom. The van der Waals surface area contributed by atoms with Crippen molar-refractivity contribution in [2.24, 2.45) is 0 Å². The third-order valence-corrected chi connectivity index (χ3v) is 8.59. The molecule has 1 heterocycles. The van der Waals surface area contributed by atoms with E-state index in [1.165, 1.54) is 96.3 Å². The minimum Gasteiger partial charge on any atom is -0.379 e. The molecule has 0 aromatic carbocycles. The van der Waals surface area contributed by atoms with Gasteiger partial charge in [-0.1, -0.05) is 110 Å². The topological polar surface area (TPSA) is 89.1 Å². The van der Waals surface area contributed by atoms with Crippen molar-refractivity contribution in [1.82, 2.24) is 15.5 Å². The molecule has 1 aliphatic rings. The maximum Gasteiger partial charge on any atom is 0.242 e. The van der Waals surface area contributed by atoms with Gasteiger partial charge in [0.15, 0.2) is 0 Å². The van der Waals surface area contributed by atoms with Crippen LogP contribution in [0.2, 0.25) is 0 Å². The fourth-order valence-electron chi connectivity index (χ4n) is 5.88. The lowest BCUT2D eigenvalue weighted by Gasteiger charge is -2.24. The van der Waals surface area contributed by atoms with Crippen molar-refractivity contribution in [1.29, 1.82) is 0 Å². The molecule has 1 fully saturated rings. The second-order valence-corrected chi connectivity index (χ2v) is 12.6. The summed E-state index contributed by atoms with van der Waals surface area (Å²) in [5, 5.41) is 6.10. The zero-order valence-electron chi connectivity index (χ0n) is 29.0. The zero-order chi connectivity index (χ0) is 31.8. The summed E-state index contributed by atoms with van der Waals surface area (Å²) in [5.41, 5.74) is 0. The summed E-state index contributed by atoms with van der Waals surface area (Å²) >= 11 is 0. The van der Waals surface area contributed by atoms with E-state index in [-0.39, 0.29) is 17.9 Å². The van der Waals surface area contributed by atoms with Crippen LogP contribution < -0.4 is 10.6 Å². The summed E-state index contributed by atoms with van der Waals surface area (Å²) in [5.74, 6) is 0.131. The monoisotopic (exact) mass is 626 g/mol. The fraction of sp³-hybridized carbons (Fsp3) is 0.944. The van der Waals surface area contributed by atoms with Crippen molar-refractivity contribution >= 4 is 11.8 Å². The summed E-state index contributed by atoms with van der Waals surface area (Å²) < 4.78 is 16.6. The molecular formula is C36H71N3O5. The number of likely N-dealkylation sites (tertiary alicyclic amines) is 1. The number of rotatable bonds is 33. The van der Waals surface area contributed by atoms with Crippen LogP contribution >= 0.6 is 0 Å². The van der Waals surface area contributed by atoms with Crippen LogP contribution in [0.4, 0.5) is 0 Å². The number of ether oxygens (including phenoxy) is 3. The predicted octanol–water partition coefficient (Wildman–Crippen LogP) is 7.18. The summed E-state index contributed by atoms with van der Waals surface area (Å²) in [7, 11) is 1.94. The number of carbonyl (C=O) groups is 2. The lowest BCUT2D eigenvalue weighted by Crippen LogP contribution is -2.46. The van der Waals surface area contributed by atoms with Gasteiger partial charge >= 0.3 is 0 Å². The third-order valence-electron chi connectivity index (χ3n) is 8.59. The van der Waals surface area contributed by atoms with Crippen molar-refractivity contribution < 1.29 is 23.8 Å². The normalized spacial score (nSPS) is 14.9. The Labute approximate surface area is 271 Å². The average molecular weight is 626 g/mol. The number of amides is 2. The number of unbranched alkanes of at least 4 members (excludes halogenated alkanes) is 16. The molecule has 1 atom stereocenters. The first-order valence-corrected chi connectivity index (χ1v) is 18.7. The van der Waals surface area contributed by atoms with E-state index in [4.69, 9.17) is 14.2 Å². The third kappa shape index (κ3) is 24.1. The Kier molecular flexibility index (Phi) is 29.4. The van der Waals surface area contributed by atoms with Crippen molar-refractivity contribution in [2.45, 2.75) is 154 Å². The van der Waals surface area contributed by atoms with Crippen LogP contribution in [0.3, 0.4) is 0 Å². The molecule has 2 N–H and O–H groups in total. The highest BCUT2D eigenvalue weighted by Crippen LogP contribution is 2.20. The SMILES string of the molecule is CCCCCCCCCCCCCCCCCCCC(=O)N1CCCC1C(=O)NCCCOCCOCCOCCCNC. The van der Waals surface area contributed by atoms with Gasteiger partial charge in [-0.3, -0.25) is 9.59 Å². The maximum atomic E-state index is 12.8. The van der Waals surface area contributed by atoms with Gasteiger partial charge in [0, 0.05) is 32.7 Å². The number of nitrogens with one attached hydrogen (secondary N) is 2. The van der Waals surface area contributed by atoms with E-state index in [0.717, 1.165) is 51.7 Å². The van der Waals surface area contributed by atoms with E-state index in [1.54, 1.807) is 0 Å². The summed E-state index contributed by atoms with van der Waals surface area (Å²) in [4.78, 5) is 27.4. The van der Waals surface area contributed by atoms with Gasteiger partial charge < -0.3 is 29.7 Å². The van der Waals surface area contributed by atoms with E-state index >= 15 is 0 Å². The van der Waals surface area contributed by atoms with Gasteiger partial charge in [-0.25, -0.2) is 0 Å². The Balaban J connectivity index is 1.91. The molecule has 8 nitrogen and oxygen atoms in total. The van der Waals surface area contributed by atoms with E-state index < -0.39 is 0 Å². The number of hydrogen-bond donors (Lipinski definition) is 2. The molecule has 1 rings (SSSR count). The Bertz CT molecular complexity index is 651. The van der Waals surface area contributed by atoms with Gasteiger partial charge in [0.1, 0.15) is 6.04 Å². The van der Waals surface area contributed by atoms with Crippen molar-refractivity contribution in [2.75, 3.05) is 66.3 Å². The molecule has 0 spiro atoms. The van der Waals surface area contributed by atoms with E-state index in [9.17, 15) is 9.59 Å². The lowest BCUT2D eigenvalue weighted by molar-refractivity contribution is -0.138. The molecule has 0 radical (unpaired) electrons. The highest BCUT2D eigenvalue weighted by atomic mass is 16.5. The number of hydrogen-bond acceptors (Lipinski definition) is 6. The molecule has 2 amide bonds. The number of carbonyl (C=O) groups excluding carboxylic acids is 2. The van der Waals surface area contributed by atoms with Crippen LogP contribution in [0, 0.1) is 0 Å². The van der Waals surface area contributed by atoms with Gasteiger partial charge in [-0.2, -0.15) is 0 Å². The second kappa shape index (κ2) is 31.7. The van der Waals surface area contributed by atoms with E-state index in [2.05, 4.69) is 17.6 Å². The number of nitrogens with zero attached hydrogens (tertiary/aromatic N) is 1. The Hall–Kier alpha value is -1.22. The average Bonchev–Trinajstić information content (AvgIpc) is 3.53. The molecule has 0 aromatic rings. The first-order chi connectivity index (χ1) is 21.7. The van der Waals surface area contributed by atoms with Crippen LogP contribution in [-0.2, 0) is 23.8 Å². The van der Waals surface area contributed by atoms with Crippen LogP contribution in [0.25, 0.3) is 0 Å². The standard InChI is InChI=1S/C36H71N3O5/c1-3-4-5-6-7-8-9-10-11-12-13-14-15-16-17-18-19-24-35(40)39-27-20-23-34(39)36(41)38-26-22-29-43-31-33-44-32-30-42-28-21-25-37-2/h34,37H,3-33H2,1-2H3,(H,38,41). The van der Waals surface area contributed by atoms with Gasteiger partial charge in [-0.15, -0.1) is 0 Å². The molecular weight excluding hydrogens is 554 g/mol. The summed E-state index contributed by atoms with van der Waals surface area (Å²) in [6.45, 7) is 8.12.